The van der Waals surface area contributed by atoms with Crippen molar-refractivity contribution >= 4 is 16.7 Å². The van der Waals surface area contributed by atoms with Crippen molar-refractivity contribution in [1.82, 2.24) is 0 Å². The van der Waals surface area contributed by atoms with E-state index in [9.17, 15) is 4.21 Å². The van der Waals surface area contributed by atoms with Crippen molar-refractivity contribution < 1.29 is 4.21 Å². The highest BCUT2D eigenvalue weighted by Gasteiger charge is 2.26. The highest BCUT2D eigenvalue weighted by atomic mass is 32.2. The maximum absolute atomic E-state index is 12.2. The molecule has 0 saturated heterocycles. The van der Waals surface area contributed by atoms with Crippen LogP contribution in [0.5, 0.6) is 0 Å². The van der Waals surface area contributed by atoms with Gasteiger partial charge in [-0.1, -0.05) is 36.4 Å². The molecular formula is C13H11NOS. The smallest absolute Gasteiger partial charge is 0.153 e. The zero-order valence-corrected chi connectivity index (χ0v) is 9.48. The van der Waals surface area contributed by atoms with Crippen molar-refractivity contribution in [3.8, 4) is 0 Å². The molecule has 0 N–H and O–H groups in total. The third kappa shape index (κ3) is 1.44. The zero-order valence-electron chi connectivity index (χ0n) is 8.67. The lowest BCUT2D eigenvalue weighted by molar-refractivity contribution is 0.683. The van der Waals surface area contributed by atoms with Crippen molar-refractivity contribution in [3.05, 3.63) is 60.2 Å². The third-order valence-electron chi connectivity index (χ3n) is 2.72. The van der Waals surface area contributed by atoms with Crippen LogP contribution in [0.1, 0.15) is 5.56 Å². The van der Waals surface area contributed by atoms with Crippen molar-refractivity contribution in [3.63, 3.8) is 0 Å². The first-order valence-corrected chi connectivity index (χ1v) is 6.29. The fourth-order valence-corrected chi connectivity index (χ4v) is 3.28. The number of nitrogens with zero attached hydrogens (tertiary/aromatic N) is 1. The molecule has 0 bridgehead atoms. The maximum atomic E-state index is 12.2. The lowest BCUT2D eigenvalue weighted by atomic mass is 10.2. The average molecular weight is 229 g/mol. The van der Waals surface area contributed by atoms with E-state index in [-0.39, 0.29) is 0 Å². The number of hydrogen-bond acceptors (Lipinski definition) is 1. The number of fused-ring (bicyclic) bond motifs is 1. The second-order valence-corrected chi connectivity index (χ2v) is 5.11. The van der Waals surface area contributed by atoms with E-state index in [1.807, 2.05) is 58.9 Å². The molecule has 2 aromatic carbocycles. The number of rotatable bonds is 1. The fourth-order valence-electron chi connectivity index (χ4n) is 1.92. The SMILES string of the molecule is O=S1c2ccccc2CN1c1ccccc1. The molecule has 1 aliphatic heterocycles. The van der Waals surface area contributed by atoms with Gasteiger partial charge >= 0.3 is 0 Å². The summed E-state index contributed by atoms with van der Waals surface area (Å²) >= 11 is 0. The normalized spacial score (nSPS) is 18.5. The summed E-state index contributed by atoms with van der Waals surface area (Å²) in [6.45, 7) is 0.729. The van der Waals surface area contributed by atoms with E-state index in [4.69, 9.17) is 0 Å². The minimum atomic E-state index is -1.05. The molecule has 80 valence electrons. The Morgan fingerprint density at radius 3 is 2.38 bits per heavy atom. The summed E-state index contributed by atoms with van der Waals surface area (Å²) in [5.74, 6) is 0. The van der Waals surface area contributed by atoms with E-state index in [0.29, 0.717) is 0 Å². The van der Waals surface area contributed by atoms with Crippen LogP contribution in [0.3, 0.4) is 0 Å². The van der Waals surface area contributed by atoms with Crippen molar-refractivity contribution in [2.45, 2.75) is 11.4 Å². The third-order valence-corrected chi connectivity index (χ3v) is 4.23. The summed E-state index contributed by atoms with van der Waals surface area (Å²) in [6, 6.07) is 17.8. The van der Waals surface area contributed by atoms with Gasteiger partial charge in [0.05, 0.1) is 11.4 Å². The summed E-state index contributed by atoms with van der Waals surface area (Å²) in [7, 11) is -1.05. The van der Waals surface area contributed by atoms with Gasteiger partial charge in [-0.3, -0.25) is 4.31 Å². The van der Waals surface area contributed by atoms with Crippen LogP contribution in [0.25, 0.3) is 0 Å². The molecule has 2 nitrogen and oxygen atoms in total. The molecule has 3 rings (SSSR count). The summed E-state index contributed by atoms with van der Waals surface area (Å²) in [4.78, 5) is 0.936. The quantitative estimate of drug-likeness (QED) is 0.736. The van der Waals surface area contributed by atoms with E-state index < -0.39 is 11.0 Å². The van der Waals surface area contributed by atoms with E-state index in [0.717, 1.165) is 22.7 Å². The van der Waals surface area contributed by atoms with Gasteiger partial charge in [0.15, 0.2) is 11.0 Å². The number of para-hydroxylation sites is 1. The van der Waals surface area contributed by atoms with E-state index in [1.165, 1.54) is 0 Å². The van der Waals surface area contributed by atoms with E-state index >= 15 is 0 Å². The van der Waals surface area contributed by atoms with Gasteiger partial charge in [0.1, 0.15) is 0 Å². The van der Waals surface area contributed by atoms with Crippen LogP contribution < -0.4 is 4.31 Å². The summed E-state index contributed by atoms with van der Waals surface area (Å²) in [6.07, 6.45) is 0. The minimum absolute atomic E-state index is 0.729. The molecule has 0 aromatic heterocycles. The standard InChI is InChI=1S/C13H11NOS/c15-16-13-9-5-4-6-11(13)10-14(16)12-7-2-1-3-8-12/h1-9H,10H2. The van der Waals surface area contributed by atoms with Crippen molar-refractivity contribution in [2.75, 3.05) is 4.31 Å². The molecule has 1 aliphatic rings. The fraction of sp³-hybridized carbons (Fsp3) is 0.0769. The highest BCUT2D eigenvalue weighted by molar-refractivity contribution is 7.86. The molecule has 0 spiro atoms. The second-order valence-electron chi connectivity index (χ2n) is 3.73. The summed E-state index contributed by atoms with van der Waals surface area (Å²) in [5, 5.41) is 0. The Hall–Kier alpha value is -1.61. The topological polar surface area (TPSA) is 20.3 Å². The van der Waals surface area contributed by atoms with E-state index in [2.05, 4.69) is 0 Å². The molecule has 0 fully saturated rings. The summed E-state index contributed by atoms with van der Waals surface area (Å²) < 4.78 is 14.2. The number of benzene rings is 2. The molecule has 1 heterocycles. The Balaban J connectivity index is 2.02. The summed E-state index contributed by atoms with van der Waals surface area (Å²) in [5.41, 5.74) is 2.17. The molecule has 0 radical (unpaired) electrons. The first-order chi connectivity index (χ1) is 7.86. The Morgan fingerprint density at radius 2 is 1.62 bits per heavy atom. The first-order valence-electron chi connectivity index (χ1n) is 5.18. The Morgan fingerprint density at radius 1 is 0.938 bits per heavy atom. The van der Waals surface area contributed by atoms with Gasteiger partial charge < -0.3 is 0 Å². The lowest BCUT2D eigenvalue weighted by Crippen LogP contribution is -2.17. The van der Waals surface area contributed by atoms with Gasteiger partial charge in [0.25, 0.3) is 0 Å². The Kier molecular flexibility index (Phi) is 2.26. The molecule has 1 atom stereocenters. The van der Waals surface area contributed by atoms with Crippen LogP contribution in [0.4, 0.5) is 5.69 Å². The number of hydrogen-bond donors (Lipinski definition) is 0. The van der Waals surface area contributed by atoms with Crippen LogP contribution >= 0.6 is 0 Å². The van der Waals surface area contributed by atoms with Gasteiger partial charge in [-0.15, -0.1) is 0 Å². The van der Waals surface area contributed by atoms with Crippen molar-refractivity contribution in [1.29, 1.82) is 0 Å². The maximum Gasteiger partial charge on any atom is 0.153 e. The number of anilines is 1. The van der Waals surface area contributed by atoms with Gasteiger partial charge in [-0.05, 0) is 23.8 Å². The highest BCUT2D eigenvalue weighted by Crippen LogP contribution is 2.31. The van der Waals surface area contributed by atoms with Crippen molar-refractivity contribution in [2.24, 2.45) is 0 Å². The Bertz CT molecular complexity index is 539. The zero-order chi connectivity index (χ0) is 11.0. The lowest BCUT2D eigenvalue weighted by Gasteiger charge is -2.15. The van der Waals surface area contributed by atoms with E-state index in [1.54, 1.807) is 0 Å². The molecule has 0 saturated carbocycles. The molecule has 0 aliphatic carbocycles. The molecule has 1 unspecified atom stereocenters. The van der Waals surface area contributed by atoms with Crippen LogP contribution in [0, 0.1) is 0 Å². The van der Waals surface area contributed by atoms with Crippen LogP contribution in [0.15, 0.2) is 59.5 Å². The predicted octanol–water partition coefficient (Wildman–Crippen LogP) is 2.73. The van der Waals surface area contributed by atoms with Crippen LogP contribution in [-0.4, -0.2) is 4.21 Å². The van der Waals surface area contributed by atoms with Crippen LogP contribution in [-0.2, 0) is 17.5 Å². The largest absolute Gasteiger partial charge is 0.283 e. The van der Waals surface area contributed by atoms with Gasteiger partial charge in [0, 0.05) is 5.69 Å². The minimum Gasteiger partial charge on any atom is -0.283 e. The Labute approximate surface area is 97.1 Å². The predicted molar refractivity (Wildman–Crippen MR) is 65.5 cm³/mol. The first kappa shape index (κ1) is 9.60. The average Bonchev–Trinajstić information content (AvgIpc) is 2.69. The van der Waals surface area contributed by atoms with Gasteiger partial charge in [-0.2, -0.15) is 0 Å². The molecule has 3 heteroatoms. The monoisotopic (exact) mass is 229 g/mol. The molecule has 0 amide bonds. The van der Waals surface area contributed by atoms with Gasteiger partial charge in [-0.25, -0.2) is 4.21 Å². The van der Waals surface area contributed by atoms with Crippen LogP contribution in [0.2, 0.25) is 0 Å². The molecular weight excluding hydrogens is 218 g/mol. The molecule has 16 heavy (non-hydrogen) atoms. The van der Waals surface area contributed by atoms with Gasteiger partial charge in [0.2, 0.25) is 0 Å². The second kappa shape index (κ2) is 3.76. The molecule has 2 aromatic rings.